The van der Waals surface area contributed by atoms with Crippen LogP contribution in [0.4, 0.5) is 0 Å². The highest BCUT2D eigenvalue weighted by atomic mass is 32.1. The zero-order valence-electron chi connectivity index (χ0n) is 21.2. The maximum Gasteiger partial charge on any atom is 0.336 e. The number of nitrogens with one attached hydrogen (secondary N) is 1. The fourth-order valence-electron chi connectivity index (χ4n) is 5.22. The number of allylic oxidation sites excluding steroid dienone is 3. The van der Waals surface area contributed by atoms with Gasteiger partial charge in [-0.25, -0.2) is 4.79 Å². The summed E-state index contributed by atoms with van der Waals surface area (Å²) in [5.74, 6) is -2.95. The molecule has 0 radical (unpaired) electrons. The molecule has 0 bridgehead atoms. The third-order valence-electron chi connectivity index (χ3n) is 6.76. The fourth-order valence-corrected chi connectivity index (χ4v) is 6.27. The molecule has 190 valence electrons. The average molecular weight is 510 g/mol. The Hall–Kier alpha value is -3.39. The van der Waals surface area contributed by atoms with Gasteiger partial charge in [-0.2, -0.15) is 0 Å². The van der Waals surface area contributed by atoms with Crippen LogP contribution >= 0.6 is 11.3 Å². The van der Waals surface area contributed by atoms with Gasteiger partial charge in [0.2, 0.25) is 0 Å². The lowest BCUT2D eigenvalue weighted by molar-refractivity contribution is -0.152. The van der Waals surface area contributed by atoms with Gasteiger partial charge in [0.05, 0.1) is 31.8 Å². The van der Waals surface area contributed by atoms with Crippen molar-refractivity contribution in [1.29, 1.82) is 0 Å². The molecule has 0 saturated carbocycles. The number of esters is 2. The summed E-state index contributed by atoms with van der Waals surface area (Å²) >= 11 is 1.49. The lowest BCUT2D eigenvalue weighted by Gasteiger charge is -2.39. The zero-order chi connectivity index (χ0) is 26.0. The van der Waals surface area contributed by atoms with Crippen LogP contribution in [0.25, 0.3) is 0 Å². The van der Waals surface area contributed by atoms with Crippen LogP contribution in [-0.2, 0) is 23.9 Å². The molecule has 1 aliphatic carbocycles. The molecule has 8 heteroatoms. The predicted octanol–water partition coefficient (Wildman–Crippen LogP) is 4.78. The number of para-hydroxylation sites is 1. The third-order valence-corrected chi connectivity index (χ3v) is 7.84. The van der Waals surface area contributed by atoms with Gasteiger partial charge >= 0.3 is 11.9 Å². The summed E-state index contributed by atoms with van der Waals surface area (Å²) in [4.78, 5) is 41.6. The minimum atomic E-state index is -1.06. The first-order chi connectivity index (χ1) is 17.3. The molecule has 1 aliphatic heterocycles. The van der Waals surface area contributed by atoms with Crippen LogP contribution in [0.3, 0.4) is 0 Å². The van der Waals surface area contributed by atoms with Gasteiger partial charge in [-0.05, 0) is 62.8 Å². The van der Waals surface area contributed by atoms with Crippen molar-refractivity contribution in [2.45, 2.75) is 46.0 Å². The van der Waals surface area contributed by atoms with Gasteiger partial charge in [-0.3, -0.25) is 9.59 Å². The van der Waals surface area contributed by atoms with E-state index in [0.29, 0.717) is 34.7 Å². The molecule has 2 heterocycles. The van der Waals surface area contributed by atoms with E-state index in [1.54, 1.807) is 21.0 Å². The number of ether oxygens (including phenoxy) is 3. The van der Waals surface area contributed by atoms with Gasteiger partial charge in [0.1, 0.15) is 11.7 Å². The van der Waals surface area contributed by atoms with E-state index in [-0.39, 0.29) is 19.0 Å². The van der Waals surface area contributed by atoms with Crippen molar-refractivity contribution in [3.05, 3.63) is 74.3 Å². The summed E-state index contributed by atoms with van der Waals surface area (Å²) in [5, 5.41) is 5.27. The minimum absolute atomic E-state index is 0.159. The van der Waals surface area contributed by atoms with E-state index in [2.05, 4.69) is 5.32 Å². The Kier molecular flexibility index (Phi) is 7.64. The molecule has 0 fully saturated rings. The van der Waals surface area contributed by atoms with Crippen molar-refractivity contribution >= 4 is 29.1 Å². The number of rotatable bonds is 7. The molecule has 1 aromatic heterocycles. The fraction of sp³-hybridized carbons (Fsp3) is 0.393. The van der Waals surface area contributed by atoms with E-state index in [1.807, 2.05) is 49.6 Å². The Morgan fingerprint density at radius 1 is 1.08 bits per heavy atom. The summed E-state index contributed by atoms with van der Waals surface area (Å²) in [6, 6.07) is 9.38. The van der Waals surface area contributed by atoms with Crippen LogP contribution in [0.2, 0.25) is 0 Å². The van der Waals surface area contributed by atoms with E-state index in [1.165, 1.54) is 11.3 Å². The lowest BCUT2D eigenvalue weighted by Crippen LogP contribution is -2.43. The Morgan fingerprint density at radius 2 is 1.81 bits per heavy atom. The lowest BCUT2D eigenvalue weighted by atomic mass is 9.67. The summed E-state index contributed by atoms with van der Waals surface area (Å²) in [5.41, 5.74) is 3.92. The van der Waals surface area contributed by atoms with Crippen molar-refractivity contribution in [3.8, 4) is 5.75 Å². The molecule has 1 aromatic carbocycles. The Bertz CT molecular complexity index is 1260. The molecule has 4 rings (SSSR count). The second-order valence-corrected chi connectivity index (χ2v) is 9.77. The van der Waals surface area contributed by atoms with E-state index in [4.69, 9.17) is 14.2 Å². The second kappa shape index (κ2) is 10.7. The third kappa shape index (κ3) is 4.46. The molecule has 2 aliphatic rings. The highest BCUT2D eigenvalue weighted by Gasteiger charge is 2.50. The van der Waals surface area contributed by atoms with Gasteiger partial charge in [0.25, 0.3) is 0 Å². The first-order valence-corrected chi connectivity index (χ1v) is 13.0. The Labute approximate surface area is 215 Å². The molecular weight excluding hydrogens is 478 g/mol. The summed E-state index contributed by atoms with van der Waals surface area (Å²) < 4.78 is 16.4. The predicted molar refractivity (Wildman–Crippen MR) is 137 cm³/mol. The maximum atomic E-state index is 14.3. The summed E-state index contributed by atoms with van der Waals surface area (Å²) in [6.45, 7) is 7.63. The monoisotopic (exact) mass is 509 g/mol. The number of thiophene rings is 1. The van der Waals surface area contributed by atoms with Crippen molar-refractivity contribution in [2.24, 2.45) is 5.92 Å². The highest BCUT2D eigenvalue weighted by molar-refractivity contribution is 7.10. The molecule has 2 aromatic rings. The molecule has 36 heavy (non-hydrogen) atoms. The molecule has 3 unspecified atom stereocenters. The smallest absolute Gasteiger partial charge is 0.336 e. The van der Waals surface area contributed by atoms with Crippen LogP contribution in [0, 0.1) is 12.8 Å². The Morgan fingerprint density at radius 3 is 2.44 bits per heavy atom. The van der Waals surface area contributed by atoms with Crippen LogP contribution < -0.4 is 10.1 Å². The number of methoxy groups -OCH3 is 1. The zero-order valence-corrected chi connectivity index (χ0v) is 22.0. The summed E-state index contributed by atoms with van der Waals surface area (Å²) in [7, 11) is 1.57. The van der Waals surface area contributed by atoms with E-state index < -0.39 is 29.7 Å². The van der Waals surface area contributed by atoms with Crippen LogP contribution in [-0.4, -0.2) is 38.0 Å². The first-order valence-electron chi connectivity index (χ1n) is 12.1. The number of carbonyl (C=O) groups excluding carboxylic acids is 3. The Balaban J connectivity index is 1.91. The second-order valence-electron chi connectivity index (χ2n) is 8.82. The van der Waals surface area contributed by atoms with Gasteiger partial charge in [0.15, 0.2) is 5.78 Å². The van der Waals surface area contributed by atoms with Gasteiger partial charge in [-0.15, -0.1) is 11.3 Å². The van der Waals surface area contributed by atoms with E-state index in [9.17, 15) is 14.4 Å². The maximum absolute atomic E-state index is 14.3. The number of Topliss-reactive ketones (excluding diaryl/α,β-unsaturated/α-hetero) is 1. The van der Waals surface area contributed by atoms with Gasteiger partial charge in [0, 0.05) is 27.8 Å². The topological polar surface area (TPSA) is 90.9 Å². The van der Waals surface area contributed by atoms with Crippen molar-refractivity contribution < 1.29 is 28.6 Å². The quantitative estimate of drug-likeness (QED) is 0.424. The molecule has 3 atom stereocenters. The first kappa shape index (κ1) is 25.7. The molecular formula is C28H31NO6S. The van der Waals surface area contributed by atoms with Crippen LogP contribution in [0.5, 0.6) is 5.75 Å². The standard InChI is InChI=1S/C28H31NO6S/c1-6-34-27(31)21-16(4)29-19-14-18(17-10-8-9-11-20(17)33-5)22(28(32)35-7-2)25(30)23(19)24(21)26-15(3)12-13-36-26/h8-13,18,22,24,29H,6-7,14H2,1-5H3. The number of carbonyl (C=O) groups is 3. The number of hydrogen-bond donors (Lipinski definition) is 1. The molecule has 1 N–H and O–H groups in total. The normalized spacial score (nSPS) is 21.6. The number of hydrogen-bond acceptors (Lipinski definition) is 8. The van der Waals surface area contributed by atoms with E-state index >= 15 is 0 Å². The number of ketones is 1. The summed E-state index contributed by atoms with van der Waals surface area (Å²) in [6.07, 6.45) is 0.388. The molecule has 7 nitrogen and oxygen atoms in total. The van der Waals surface area contributed by atoms with Crippen LogP contribution in [0.15, 0.2) is 58.3 Å². The van der Waals surface area contributed by atoms with Crippen molar-refractivity contribution in [3.63, 3.8) is 0 Å². The molecule has 0 spiro atoms. The van der Waals surface area contributed by atoms with E-state index in [0.717, 1.165) is 16.0 Å². The molecule has 0 saturated heterocycles. The SMILES string of the molecule is CCOC(=O)C1=C(C)NC2=C(C(=O)C(C(=O)OCC)C(c3ccccc3OC)C2)C1c1sccc1C. The highest BCUT2D eigenvalue weighted by Crippen LogP contribution is 2.50. The number of dihydropyridines is 1. The number of benzene rings is 1. The van der Waals surface area contributed by atoms with Crippen LogP contribution in [0.1, 0.15) is 55.0 Å². The molecule has 0 amide bonds. The minimum Gasteiger partial charge on any atom is -0.496 e. The average Bonchev–Trinajstić information content (AvgIpc) is 3.28. The van der Waals surface area contributed by atoms with Gasteiger partial charge < -0.3 is 19.5 Å². The van der Waals surface area contributed by atoms with Crippen molar-refractivity contribution in [2.75, 3.05) is 20.3 Å². The van der Waals surface area contributed by atoms with Crippen molar-refractivity contribution in [1.82, 2.24) is 5.32 Å². The number of aryl methyl sites for hydroxylation is 1. The largest absolute Gasteiger partial charge is 0.496 e. The van der Waals surface area contributed by atoms with Gasteiger partial charge in [-0.1, -0.05) is 18.2 Å².